The van der Waals surface area contributed by atoms with Gasteiger partial charge in [0.25, 0.3) is 0 Å². The lowest BCUT2D eigenvalue weighted by Crippen LogP contribution is -2.45. The van der Waals surface area contributed by atoms with Crippen molar-refractivity contribution in [3.63, 3.8) is 0 Å². The van der Waals surface area contributed by atoms with Crippen molar-refractivity contribution in [2.75, 3.05) is 40.3 Å². The summed E-state index contributed by atoms with van der Waals surface area (Å²) >= 11 is 0. The summed E-state index contributed by atoms with van der Waals surface area (Å²) in [4.78, 5) is 4.67. The van der Waals surface area contributed by atoms with Crippen LogP contribution in [0.25, 0.3) is 0 Å². The minimum atomic E-state index is 0. The first-order valence-electron chi connectivity index (χ1n) is 6.26. The molecule has 1 fully saturated rings. The molecule has 2 rings (SSSR count). The quantitative estimate of drug-likeness (QED) is 0.849. The molecule has 5 heteroatoms. The lowest BCUT2D eigenvalue weighted by molar-refractivity contribution is -0.0406. The average Bonchev–Trinajstić information content (AvgIpc) is 2.30. The van der Waals surface area contributed by atoms with Crippen molar-refractivity contribution < 1.29 is 4.74 Å². The van der Waals surface area contributed by atoms with Gasteiger partial charge in [-0.25, -0.2) is 0 Å². The summed E-state index contributed by atoms with van der Waals surface area (Å²) in [5.74, 6) is 0. The Balaban J connectivity index is 0.00000162. The van der Waals surface area contributed by atoms with Gasteiger partial charge in [-0.15, -0.1) is 24.8 Å². The number of halogens is 2. The maximum atomic E-state index is 5.77. The van der Waals surface area contributed by atoms with Crippen LogP contribution in [0.5, 0.6) is 0 Å². The molecule has 1 aliphatic rings. The van der Waals surface area contributed by atoms with Crippen molar-refractivity contribution in [3.05, 3.63) is 35.9 Å². The molecule has 1 aliphatic heterocycles. The number of rotatable bonds is 4. The summed E-state index contributed by atoms with van der Waals surface area (Å²) in [6.07, 6.45) is 0.350. The van der Waals surface area contributed by atoms with Crippen LogP contribution in [0.2, 0.25) is 0 Å². The summed E-state index contributed by atoms with van der Waals surface area (Å²) in [6.45, 7) is 4.97. The molecule has 0 N–H and O–H groups in total. The van der Waals surface area contributed by atoms with Gasteiger partial charge in [-0.3, -0.25) is 4.90 Å². The van der Waals surface area contributed by atoms with Gasteiger partial charge in [0.2, 0.25) is 0 Å². The van der Waals surface area contributed by atoms with E-state index in [0.29, 0.717) is 6.10 Å². The summed E-state index contributed by atoms with van der Waals surface area (Å²) in [7, 11) is 4.19. The van der Waals surface area contributed by atoms with Gasteiger partial charge < -0.3 is 9.64 Å². The second kappa shape index (κ2) is 9.56. The number of hydrogen-bond donors (Lipinski definition) is 0. The molecule has 0 spiro atoms. The number of ether oxygens (including phenoxy) is 1. The van der Waals surface area contributed by atoms with Crippen LogP contribution in [0.15, 0.2) is 30.3 Å². The average molecular weight is 307 g/mol. The highest BCUT2D eigenvalue weighted by molar-refractivity contribution is 5.85. The fourth-order valence-corrected chi connectivity index (χ4v) is 2.28. The van der Waals surface area contributed by atoms with E-state index in [9.17, 15) is 0 Å². The molecule has 1 aromatic rings. The number of likely N-dealkylation sites (N-methyl/N-ethyl adjacent to an activating group) is 1. The summed E-state index contributed by atoms with van der Waals surface area (Å²) in [5, 5.41) is 0. The van der Waals surface area contributed by atoms with Gasteiger partial charge in [-0.05, 0) is 19.7 Å². The Morgan fingerprint density at radius 1 is 1.21 bits per heavy atom. The zero-order valence-corrected chi connectivity index (χ0v) is 13.3. The Morgan fingerprint density at radius 2 is 1.89 bits per heavy atom. The highest BCUT2D eigenvalue weighted by atomic mass is 35.5. The Morgan fingerprint density at radius 3 is 2.53 bits per heavy atom. The predicted molar refractivity (Wildman–Crippen MR) is 84.5 cm³/mol. The predicted octanol–water partition coefficient (Wildman–Crippen LogP) is 2.29. The Bertz CT molecular complexity index is 335. The highest BCUT2D eigenvalue weighted by Crippen LogP contribution is 2.10. The molecule has 0 radical (unpaired) electrons. The molecule has 1 unspecified atom stereocenters. The minimum absolute atomic E-state index is 0. The SMILES string of the molecule is CN(C)CC1CN(Cc2ccccc2)CCO1.Cl.Cl. The number of benzene rings is 1. The molecule has 0 aromatic heterocycles. The van der Waals surface area contributed by atoms with Gasteiger partial charge in [0, 0.05) is 26.2 Å². The fourth-order valence-electron chi connectivity index (χ4n) is 2.28. The first-order chi connectivity index (χ1) is 8.24. The lowest BCUT2D eigenvalue weighted by Gasteiger charge is -2.34. The van der Waals surface area contributed by atoms with Crippen molar-refractivity contribution in [1.82, 2.24) is 9.80 Å². The third-order valence-electron chi connectivity index (χ3n) is 3.04. The van der Waals surface area contributed by atoms with Crippen LogP contribution < -0.4 is 0 Å². The van der Waals surface area contributed by atoms with E-state index in [4.69, 9.17) is 4.74 Å². The van der Waals surface area contributed by atoms with Gasteiger partial charge in [0.1, 0.15) is 0 Å². The molecule has 0 saturated carbocycles. The Labute approximate surface area is 128 Å². The lowest BCUT2D eigenvalue weighted by atomic mass is 10.2. The molecule has 3 nitrogen and oxygen atoms in total. The van der Waals surface area contributed by atoms with Crippen LogP contribution in [0.1, 0.15) is 5.56 Å². The Hall–Kier alpha value is -0.320. The first-order valence-corrected chi connectivity index (χ1v) is 6.26. The van der Waals surface area contributed by atoms with E-state index in [0.717, 1.165) is 32.8 Å². The minimum Gasteiger partial charge on any atom is -0.374 e. The molecule has 110 valence electrons. The molecule has 0 aliphatic carbocycles. The number of morpholine rings is 1. The van der Waals surface area contributed by atoms with E-state index in [1.54, 1.807) is 0 Å². The Kier molecular flexibility index (Phi) is 9.40. The molecular weight excluding hydrogens is 283 g/mol. The molecule has 1 atom stereocenters. The van der Waals surface area contributed by atoms with Crippen LogP contribution in [0.3, 0.4) is 0 Å². The smallest absolute Gasteiger partial charge is 0.0829 e. The van der Waals surface area contributed by atoms with Crippen LogP contribution in [0.4, 0.5) is 0 Å². The molecule has 0 amide bonds. The second-order valence-electron chi connectivity index (χ2n) is 4.98. The standard InChI is InChI=1S/C14H22N2O.2ClH/c1-15(2)11-14-12-16(8-9-17-14)10-13-6-4-3-5-7-13;;/h3-7,14H,8-12H2,1-2H3;2*1H. The summed E-state index contributed by atoms with van der Waals surface area (Å²) < 4.78 is 5.77. The summed E-state index contributed by atoms with van der Waals surface area (Å²) in [5.41, 5.74) is 1.39. The fraction of sp³-hybridized carbons (Fsp3) is 0.571. The van der Waals surface area contributed by atoms with Gasteiger partial charge in [-0.2, -0.15) is 0 Å². The third-order valence-corrected chi connectivity index (χ3v) is 3.04. The molecule has 0 bridgehead atoms. The molecular formula is C14H24Cl2N2O. The maximum absolute atomic E-state index is 5.77. The largest absolute Gasteiger partial charge is 0.374 e. The van der Waals surface area contributed by atoms with Crippen LogP contribution in [-0.4, -0.2) is 56.2 Å². The van der Waals surface area contributed by atoms with E-state index in [1.165, 1.54) is 5.56 Å². The van der Waals surface area contributed by atoms with E-state index in [-0.39, 0.29) is 24.8 Å². The molecule has 1 aromatic carbocycles. The van der Waals surface area contributed by atoms with Gasteiger partial charge in [0.15, 0.2) is 0 Å². The highest BCUT2D eigenvalue weighted by Gasteiger charge is 2.20. The maximum Gasteiger partial charge on any atom is 0.0829 e. The normalized spacial score (nSPS) is 19.6. The van der Waals surface area contributed by atoms with Crippen LogP contribution in [-0.2, 0) is 11.3 Å². The molecule has 1 heterocycles. The monoisotopic (exact) mass is 306 g/mol. The first kappa shape index (κ1) is 18.7. The molecule has 19 heavy (non-hydrogen) atoms. The van der Waals surface area contributed by atoms with Crippen LogP contribution in [0, 0.1) is 0 Å². The second-order valence-corrected chi connectivity index (χ2v) is 4.98. The van der Waals surface area contributed by atoms with Crippen molar-refractivity contribution in [2.24, 2.45) is 0 Å². The van der Waals surface area contributed by atoms with Gasteiger partial charge >= 0.3 is 0 Å². The van der Waals surface area contributed by atoms with E-state index in [2.05, 4.69) is 54.2 Å². The molecule has 1 saturated heterocycles. The van der Waals surface area contributed by atoms with E-state index >= 15 is 0 Å². The third kappa shape index (κ3) is 6.59. The number of hydrogen-bond acceptors (Lipinski definition) is 3. The van der Waals surface area contributed by atoms with Crippen molar-refractivity contribution in [1.29, 1.82) is 0 Å². The number of nitrogens with zero attached hydrogens (tertiary/aromatic N) is 2. The van der Waals surface area contributed by atoms with Crippen molar-refractivity contribution in [2.45, 2.75) is 12.6 Å². The topological polar surface area (TPSA) is 15.7 Å². The van der Waals surface area contributed by atoms with E-state index in [1.807, 2.05) is 0 Å². The van der Waals surface area contributed by atoms with E-state index < -0.39 is 0 Å². The van der Waals surface area contributed by atoms with Gasteiger partial charge in [-0.1, -0.05) is 30.3 Å². The van der Waals surface area contributed by atoms with Gasteiger partial charge in [0.05, 0.1) is 12.7 Å². The summed E-state index contributed by atoms with van der Waals surface area (Å²) in [6, 6.07) is 10.7. The van der Waals surface area contributed by atoms with Crippen LogP contribution >= 0.6 is 24.8 Å². The zero-order chi connectivity index (χ0) is 12.1. The van der Waals surface area contributed by atoms with Crippen molar-refractivity contribution in [3.8, 4) is 0 Å². The van der Waals surface area contributed by atoms with Crippen molar-refractivity contribution >= 4 is 24.8 Å². The zero-order valence-electron chi connectivity index (χ0n) is 11.6.